The summed E-state index contributed by atoms with van der Waals surface area (Å²) in [6.45, 7) is 7.00. The Balaban J connectivity index is 1.64. The van der Waals surface area contributed by atoms with E-state index in [0.717, 1.165) is 38.3 Å². The Morgan fingerprint density at radius 2 is 1.79 bits per heavy atom. The molecule has 0 N–H and O–H groups in total. The van der Waals surface area contributed by atoms with E-state index in [-0.39, 0.29) is 18.3 Å². The molecule has 0 spiro atoms. The van der Waals surface area contributed by atoms with Gasteiger partial charge in [0, 0.05) is 43.7 Å². The Bertz CT molecular complexity index is 1020. The third-order valence-corrected chi connectivity index (χ3v) is 6.42. The third-order valence-electron chi connectivity index (χ3n) is 6.42. The van der Waals surface area contributed by atoms with Gasteiger partial charge >= 0.3 is 0 Å². The highest BCUT2D eigenvalue weighted by molar-refractivity contribution is 6.03. The largest absolute Gasteiger partial charge is 0.497 e. The highest BCUT2D eigenvalue weighted by Crippen LogP contribution is 2.39. The van der Waals surface area contributed by atoms with Gasteiger partial charge < -0.3 is 14.4 Å². The molecular formula is C25H31FN4O3. The van der Waals surface area contributed by atoms with Gasteiger partial charge in [-0.1, -0.05) is 25.1 Å². The molecule has 33 heavy (non-hydrogen) atoms. The van der Waals surface area contributed by atoms with Crippen molar-refractivity contribution in [2.75, 3.05) is 53.5 Å². The summed E-state index contributed by atoms with van der Waals surface area (Å²) in [5, 5.41) is 6.14. The number of piperazine rings is 1. The van der Waals surface area contributed by atoms with Crippen molar-refractivity contribution in [2.45, 2.75) is 19.4 Å². The van der Waals surface area contributed by atoms with Gasteiger partial charge in [0.15, 0.2) is 0 Å². The number of methoxy groups -OCH3 is 2. The van der Waals surface area contributed by atoms with Crippen LogP contribution in [0.15, 0.2) is 47.6 Å². The minimum atomic E-state index is -0.408. The smallest absolute Gasteiger partial charge is 0.257 e. The van der Waals surface area contributed by atoms with Crippen molar-refractivity contribution in [2.24, 2.45) is 5.10 Å². The number of benzene rings is 2. The number of hydrogen-bond donors (Lipinski definition) is 0. The molecule has 176 valence electrons. The molecule has 0 bridgehead atoms. The zero-order valence-electron chi connectivity index (χ0n) is 19.5. The fourth-order valence-electron chi connectivity index (χ4n) is 4.47. The van der Waals surface area contributed by atoms with E-state index in [0.29, 0.717) is 29.2 Å². The van der Waals surface area contributed by atoms with Crippen LogP contribution in [-0.2, 0) is 4.79 Å². The average molecular weight is 455 g/mol. The van der Waals surface area contributed by atoms with Gasteiger partial charge in [-0.2, -0.15) is 5.10 Å². The summed E-state index contributed by atoms with van der Waals surface area (Å²) in [5.74, 6) is 0.840. The van der Waals surface area contributed by atoms with E-state index >= 15 is 0 Å². The van der Waals surface area contributed by atoms with E-state index in [9.17, 15) is 9.18 Å². The number of carbonyl (C=O) groups is 1. The number of hydrazone groups is 1. The van der Waals surface area contributed by atoms with Crippen LogP contribution in [0, 0.1) is 5.82 Å². The normalized spacial score (nSPS) is 19.5. The SMILES string of the molecule is CCN1CCN(CC(=O)N2N=C(c3ccccc3F)C[C@@H]2c2cc(OC)ccc2OC)CC1. The maximum atomic E-state index is 14.6. The lowest BCUT2D eigenvalue weighted by molar-refractivity contribution is -0.134. The Morgan fingerprint density at radius 3 is 2.45 bits per heavy atom. The first-order chi connectivity index (χ1) is 16.0. The summed E-state index contributed by atoms with van der Waals surface area (Å²) in [6.07, 6.45) is 0.389. The summed E-state index contributed by atoms with van der Waals surface area (Å²) in [5.41, 5.74) is 1.75. The molecule has 8 heteroatoms. The molecule has 0 aromatic heterocycles. The molecule has 1 fully saturated rings. The lowest BCUT2D eigenvalue weighted by atomic mass is 9.97. The van der Waals surface area contributed by atoms with Gasteiger partial charge in [-0.3, -0.25) is 9.69 Å². The molecule has 2 heterocycles. The number of rotatable bonds is 7. The standard InChI is InChI=1S/C25H31FN4O3/c1-4-28-11-13-29(14-12-28)17-25(31)30-23(20-15-18(32-2)9-10-24(20)33-3)16-22(27-30)19-7-5-6-8-21(19)26/h5-10,15,23H,4,11-14,16-17H2,1-3H3/t23-/m1/s1. The van der Waals surface area contributed by atoms with Crippen molar-refractivity contribution in [3.05, 3.63) is 59.4 Å². The zero-order chi connectivity index (χ0) is 23.4. The highest BCUT2D eigenvalue weighted by Gasteiger charge is 2.36. The Labute approximate surface area is 194 Å². The van der Waals surface area contributed by atoms with Crippen molar-refractivity contribution in [1.29, 1.82) is 0 Å². The fraction of sp³-hybridized carbons (Fsp3) is 0.440. The fourth-order valence-corrected chi connectivity index (χ4v) is 4.47. The predicted molar refractivity (Wildman–Crippen MR) is 125 cm³/mol. The number of amides is 1. The van der Waals surface area contributed by atoms with Gasteiger partial charge in [0.05, 0.1) is 32.5 Å². The molecule has 7 nitrogen and oxygen atoms in total. The average Bonchev–Trinajstić information content (AvgIpc) is 3.29. The summed E-state index contributed by atoms with van der Waals surface area (Å²) in [4.78, 5) is 18.0. The number of nitrogens with zero attached hydrogens (tertiary/aromatic N) is 4. The third kappa shape index (κ3) is 5.02. The first-order valence-corrected chi connectivity index (χ1v) is 11.3. The number of ether oxygens (including phenoxy) is 2. The molecule has 0 unspecified atom stereocenters. The molecule has 2 aliphatic heterocycles. The molecule has 0 aliphatic carbocycles. The molecule has 4 rings (SSSR count). The van der Waals surface area contributed by atoms with Crippen LogP contribution in [0.2, 0.25) is 0 Å². The number of carbonyl (C=O) groups excluding carboxylic acids is 1. The predicted octanol–water partition coefficient (Wildman–Crippen LogP) is 3.16. The Morgan fingerprint density at radius 1 is 1.06 bits per heavy atom. The van der Waals surface area contributed by atoms with E-state index in [1.54, 1.807) is 32.4 Å². The first kappa shape index (κ1) is 23.2. The van der Waals surface area contributed by atoms with Crippen LogP contribution in [0.25, 0.3) is 0 Å². The van der Waals surface area contributed by atoms with Gasteiger partial charge in [-0.15, -0.1) is 0 Å². The lowest BCUT2D eigenvalue weighted by Crippen LogP contribution is -2.49. The highest BCUT2D eigenvalue weighted by atomic mass is 19.1. The van der Waals surface area contributed by atoms with Crippen molar-refractivity contribution in [1.82, 2.24) is 14.8 Å². The number of hydrogen-bond acceptors (Lipinski definition) is 6. The van der Waals surface area contributed by atoms with Crippen LogP contribution in [0.4, 0.5) is 4.39 Å². The first-order valence-electron chi connectivity index (χ1n) is 11.3. The van der Waals surface area contributed by atoms with Crippen LogP contribution in [0.3, 0.4) is 0 Å². The Hall–Kier alpha value is -2.97. The van der Waals surface area contributed by atoms with E-state index in [4.69, 9.17) is 9.47 Å². The summed E-state index contributed by atoms with van der Waals surface area (Å²) < 4.78 is 25.6. The van der Waals surface area contributed by atoms with Gasteiger partial charge in [0.2, 0.25) is 0 Å². The lowest BCUT2D eigenvalue weighted by Gasteiger charge is -2.34. The Kier molecular flexibility index (Phi) is 7.25. The number of halogens is 1. The van der Waals surface area contributed by atoms with Crippen molar-refractivity contribution >= 4 is 11.6 Å². The molecule has 0 radical (unpaired) electrons. The molecule has 2 aliphatic rings. The van der Waals surface area contributed by atoms with Gasteiger partial charge in [-0.05, 0) is 30.8 Å². The van der Waals surface area contributed by atoms with E-state index in [1.807, 2.05) is 18.2 Å². The summed E-state index contributed by atoms with van der Waals surface area (Å²) >= 11 is 0. The molecule has 1 atom stereocenters. The topological polar surface area (TPSA) is 57.6 Å². The quantitative estimate of drug-likeness (QED) is 0.643. The van der Waals surface area contributed by atoms with E-state index < -0.39 is 6.04 Å². The van der Waals surface area contributed by atoms with Crippen molar-refractivity contribution in [3.8, 4) is 11.5 Å². The minimum Gasteiger partial charge on any atom is -0.497 e. The van der Waals surface area contributed by atoms with E-state index in [1.165, 1.54) is 11.1 Å². The van der Waals surface area contributed by atoms with Crippen LogP contribution in [0.5, 0.6) is 11.5 Å². The molecule has 2 aromatic carbocycles. The van der Waals surface area contributed by atoms with Gasteiger partial charge in [0.25, 0.3) is 5.91 Å². The molecule has 2 aromatic rings. The summed E-state index contributed by atoms with van der Waals surface area (Å²) in [7, 11) is 3.19. The molecule has 1 saturated heterocycles. The second kappa shape index (κ2) is 10.3. The van der Waals surface area contributed by atoms with Gasteiger partial charge in [0.1, 0.15) is 17.3 Å². The second-order valence-electron chi connectivity index (χ2n) is 8.30. The molecule has 1 amide bonds. The molecule has 0 saturated carbocycles. The van der Waals surface area contributed by atoms with Crippen molar-refractivity contribution < 1.29 is 18.7 Å². The van der Waals surface area contributed by atoms with E-state index in [2.05, 4.69) is 21.8 Å². The minimum absolute atomic E-state index is 0.110. The van der Waals surface area contributed by atoms with Crippen LogP contribution in [0.1, 0.15) is 30.5 Å². The maximum absolute atomic E-state index is 14.6. The molecular weight excluding hydrogens is 423 g/mol. The number of likely N-dealkylation sites (N-methyl/N-ethyl adjacent to an activating group) is 1. The summed E-state index contributed by atoms with van der Waals surface area (Å²) in [6, 6.07) is 11.6. The second-order valence-corrected chi connectivity index (χ2v) is 8.30. The van der Waals surface area contributed by atoms with Crippen molar-refractivity contribution in [3.63, 3.8) is 0 Å². The van der Waals surface area contributed by atoms with Crippen LogP contribution in [-0.4, -0.2) is 79.9 Å². The zero-order valence-corrected chi connectivity index (χ0v) is 19.5. The maximum Gasteiger partial charge on any atom is 0.257 e. The van der Waals surface area contributed by atoms with Crippen LogP contribution < -0.4 is 9.47 Å². The van der Waals surface area contributed by atoms with Gasteiger partial charge in [-0.25, -0.2) is 9.40 Å². The monoisotopic (exact) mass is 454 g/mol. The van der Waals surface area contributed by atoms with Crippen LogP contribution >= 0.6 is 0 Å².